The van der Waals surface area contributed by atoms with E-state index in [4.69, 9.17) is 16.3 Å². The molecule has 0 unspecified atom stereocenters. The highest BCUT2D eigenvalue weighted by Crippen LogP contribution is 2.45. The number of nitrogens with zero attached hydrogens (tertiary/aromatic N) is 1. The predicted octanol–water partition coefficient (Wildman–Crippen LogP) is 5.78. The van der Waals surface area contributed by atoms with E-state index in [1.54, 1.807) is 31.4 Å². The zero-order valence-corrected chi connectivity index (χ0v) is 18.8. The van der Waals surface area contributed by atoms with E-state index in [1.807, 2.05) is 60.4 Å². The van der Waals surface area contributed by atoms with Crippen molar-refractivity contribution in [3.05, 3.63) is 88.9 Å². The van der Waals surface area contributed by atoms with Gasteiger partial charge in [0, 0.05) is 22.8 Å². The number of nitrogens with one attached hydrogen (secondary N) is 1. The van der Waals surface area contributed by atoms with Crippen LogP contribution >= 0.6 is 11.6 Å². The lowest BCUT2D eigenvalue weighted by atomic mass is 9.79. The number of halogens is 1. The summed E-state index contributed by atoms with van der Waals surface area (Å²) in [6.45, 7) is 2.02. The van der Waals surface area contributed by atoms with Crippen molar-refractivity contribution in [3.8, 4) is 5.75 Å². The first-order valence-electron chi connectivity index (χ1n) is 10.6. The van der Waals surface area contributed by atoms with Crippen molar-refractivity contribution >= 4 is 34.8 Å². The highest BCUT2D eigenvalue weighted by molar-refractivity contribution is 6.30. The third-order valence-electron chi connectivity index (χ3n) is 5.79. The fourth-order valence-electron chi connectivity index (χ4n) is 4.05. The van der Waals surface area contributed by atoms with Crippen LogP contribution in [0.15, 0.2) is 72.8 Å². The van der Waals surface area contributed by atoms with Crippen molar-refractivity contribution in [2.75, 3.05) is 17.3 Å². The molecule has 3 aromatic rings. The summed E-state index contributed by atoms with van der Waals surface area (Å²) < 4.78 is 5.27. The summed E-state index contributed by atoms with van der Waals surface area (Å²) in [6, 6.07) is 22.5. The number of hydrogen-bond acceptors (Lipinski definition) is 3. The molecule has 5 nitrogen and oxygen atoms in total. The maximum absolute atomic E-state index is 13.1. The lowest BCUT2D eigenvalue weighted by Gasteiger charge is -2.47. The molecular formula is C26H25ClN2O3. The highest BCUT2D eigenvalue weighted by atomic mass is 35.5. The van der Waals surface area contributed by atoms with Gasteiger partial charge in [0.25, 0.3) is 0 Å². The number of hydrogen-bond donors (Lipinski definition) is 1. The zero-order valence-electron chi connectivity index (χ0n) is 18.0. The predicted molar refractivity (Wildman–Crippen MR) is 127 cm³/mol. The molecule has 1 N–H and O–H groups in total. The first-order valence-corrected chi connectivity index (χ1v) is 10.9. The minimum atomic E-state index is -0.263. The molecule has 0 aliphatic carbocycles. The fourth-order valence-corrected chi connectivity index (χ4v) is 4.17. The molecule has 1 fully saturated rings. The third-order valence-corrected chi connectivity index (χ3v) is 6.05. The number of rotatable bonds is 7. The van der Waals surface area contributed by atoms with E-state index in [-0.39, 0.29) is 30.2 Å². The molecule has 0 spiro atoms. The number of ether oxygens (including phenoxy) is 1. The average Bonchev–Trinajstić information content (AvgIpc) is 2.80. The van der Waals surface area contributed by atoms with Crippen LogP contribution < -0.4 is 15.0 Å². The Labute approximate surface area is 193 Å². The van der Waals surface area contributed by atoms with Crippen LogP contribution in [0.1, 0.15) is 30.0 Å². The highest BCUT2D eigenvalue weighted by Gasteiger charge is 2.48. The van der Waals surface area contributed by atoms with E-state index in [2.05, 4.69) is 5.32 Å². The van der Waals surface area contributed by atoms with Gasteiger partial charge in [0.05, 0.1) is 19.1 Å². The molecule has 3 aromatic carbocycles. The monoisotopic (exact) mass is 448 g/mol. The number of β-lactam (4-membered cyclic amide) rings is 1. The summed E-state index contributed by atoms with van der Waals surface area (Å²) in [5, 5.41) is 3.48. The van der Waals surface area contributed by atoms with Crippen molar-refractivity contribution < 1.29 is 14.3 Å². The zero-order chi connectivity index (χ0) is 22.7. The molecule has 1 heterocycles. The van der Waals surface area contributed by atoms with Gasteiger partial charge in [-0.15, -0.1) is 0 Å². The SMILES string of the molecule is COc1ccc([C@@H]2[C@@H](CCC(=O)Nc3ccc(Cl)cc3)C(=O)N2c2ccc(C)cc2)cc1. The summed E-state index contributed by atoms with van der Waals surface area (Å²) in [5.41, 5.74) is 3.71. The quantitative estimate of drug-likeness (QED) is 0.466. The molecule has 0 aromatic heterocycles. The summed E-state index contributed by atoms with van der Waals surface area (Å²) >= 11 is 5.90. The van der Waals surface area contributed by atoms with Gasteiger partial charge in [-0.1, -0.05) is 41.4 Å². The Balaban J connectivity index is 1.50. The van der Waals surface area contributed by atoms with Gasteiger partial charge in [-0.3, -0.25) is 9.59 Å². The first-order chi connectivity index (χ1) is 15.5. The molecule has 2 amide bonds. The minimum Gasteiger partial charge on any atom is -0.497 e. The van der Waals surface area contributed by atoms with Gasteiger partial charge in [0.15, 0.2) is 0 Å². The molecule has 1 aliphatic rings. The van der Waals surface area contributed by atoms with Crippen molar-refractivity contribution in [3.63, 3.8) is 0 Å². The van der Waals surface area contributed by atoms with Crippen molar-refractivity contribution in [2.24, 2.45) is 5.92 Å². The Bertz CT molecular complexity index is 1100. The average molecular weight is 449 g/mol. The molecule has 0 saturated carbocycles. The molecule has 32 heavy (non-hydrogen) atoms. The molecule has 0 bridgehead atoms. The van der Waals surface area contributed by atoms with Crippen LogP contribution in [0.4, 0.5) is 11.4 Å². The van der Waals surface area contributed by atoms with Crippen LogP contribution in [-0.2, 0) is 9.59 Å². The van der Waals surface area contributed by atoms with Crippen LogP contribution in [0, 0.1) is 12.8 Å². The number of aryl methyl sites for hydroxylation is 1. The van der Waals surface area contributed by atoms with Gasteiger partial charge < -0.3 is 15.0 Å². The van der Waals surface area contributed by atoms with Crippen LogP contribution in [-0.4, -0.2) is 18.9 Å². The molecule has 1 aliphatic heterocycles. The van der Waals surface area contributed by atoms with Gasteiger partial charge in [0.2, 0.25) is 11.8 Å². The number of carbonyl (C=O) groups excluding carboxylic acids is 2. The Morgan fingerprint density at radius 2 is 1.66 bits per heavy atom. The number of carbonyl (C=O) groups is 2. The molecule has 2 atom stereocenters. The summed E-state index contributed by atoms with van der Waals surface area (Å²) in [6.07, 6.45) is 0.727. The number of anilines is 2. The minimum absolute atomic E-state index is 0.0361. The fraction of sp³-hybridized carbons (Fsp3) is 0.231. The van der Waals surface area contributed by atoms with Crippen LogP contribution in [0.3, 0.4) is 0 Å². The van der Waals surface area contributed by atoms with Crippen molar-refractivity contribution in [1.29, 1.82) is 0 Å². The Morgan fingerprint density at radius 1 is 1.00 bits per heavy atom. The Morgan fingerprint density at radius 3 is 2.28 bits per heavy atom. The van der Waals surface area contributed by atoms with Gasteiger partial charge >= 0.3 is 0 Å². The van der Waals surface area contributed by atoms with E-state index in [9.17, 15) is 9.59 Å². The normalized spacial score (nSPS) is 17.6. The second-order valence-corrected chi connectivity index (χ2v) is 8.40. The lowest BCUT2D eigenvalue weighted by Crippen LogP contribution is -2.55. The smallest absolute Gasteiger partial charge is 0.233 e. The second-order valence-electron chi connectivity index (χ2n) is 7.96. The number of methoxy groups -OCH3 is 1. The number of amides is 2. The lowest BCUT2D eigenvalue weighted by molar-refractivity contribution is -0.131. The standard InChI is InChI=1S/C26H25ClN2O3/c1-17-3-11-21(12-4-17)29-25(18-5-13-22(32-2)14-6-18)23(26(29)31)15-16-24(30)28-20-9-7-19(27)8-10-20/h3-14,23,25H,15-16H2,1-2H3,(H,28,30)/t23-,25-/m1/s1. The molecule has 164 valence electrons. The van der Waals surface area contributed by atoms with E-state index in [0.29, 0.717) is 17.1 Å². The first kappa shape index (κ1) is 21.9. The second kappa shape index (κ2) is 9.45. The molecule has 6 heteroatoms. The van der Waals surface area contributed by atoms with E-state index < -0.39 is 0 Å². The Kier molecular flexibility index (Phi) is 6.47. The Hall–Kier alpha value is -3.31. The number of benzene rings is 3. The summed E-state index contributed by atoms with van der Waals surface area (Å²) in [5.74, 6) is 0.414. The van der Waals surface area contributed by atoms with Crippen LogP contribution in [0.2, 0.25) is 5.02 Å². The van der Waals surface area contributed by atoms with Gasteiger partial charge in [0.1, 0.15) is 5.75 Å². The topological polar surface area (TPSA) is 58.6 Å². The maximum Gasteiger partial charge on any atom is 0.233 e. The van der Waals surface area contributed by atoms with Crippen molar-refractivity contribution in [1.82, 2.24) is 0 Å². The van der Waals surface area contributed by atoms with E-state index >= 15 is 0 Å². The third kappa shape index (κ3) is 4.63. The molecular weight excluding hydrogens is 424 g/mol. The molecule has 0 radical (unpaired) electrons. The van der Waals surface area contributed by atoms with Gasteiger partial charge in [-0.25, -0.2) is 0 Å². The van der Waals surface area contributed by atoms with Crippen molar-refractivity contribution in [2.45, 2.75) is 25.8 Å². The largest absolute Gasteiger partial charge is 0.497 e. The maximum atomic E-state index is 13.1. The molecule has 4 rings (SSSR count). The van der Waals surface area contributed by atoms with E-state index in [1.165, 1.54) is 0 Å². The van der Waals surface area contributed by atoms with Gasteiger partial charge in [-0.2, -0.15) is 0 Å². The summed E-state index contributed by atoms with van der Waals surface area (Å²) in [7, 11) is 1.63. The van der Waals surface area contributed by atoms with Crippen LogP contribution in [0.25, 0.3) is 0 Å². The molecule has 1 saturated heterocycles. The van der Waals surface area contributed by atoms with E-state index in [0.717, 1.165) is 22.6 Å². The van der Waals surface area contributed by atoms with Crippen LogP contribution in [0.5, 0.6) is 5.75 Å². The van der Waals surface area contributed by atoms with Gasteiger partial charge in [-0.05, 0) is 67.4 Å². The summed E-state index contributed by atoms with van der Waals surface area (Å²) in [4.78, 5) is 27.4.